The van der Waals surface area contributed by atoms with Gasteiger partial charge >= 0.3 is 0 Å². The molecule has 86 valence electrons. The predicted molar refractivity (Wildman–Crippen MR) is 57.5 cm³/mol. The number of hydrogen-bond acceptors (Lipinski definition) is 4. The third-order valence-corrected chi connectivity index (χ3v) is 4.99. The van der Waals surface area contributed by atoms with Crippen LogP contribution in [0.5, 0.6) is 0 Å². The van der Waals surface area contributed by atoms with Crippen LogP contribution >= 0.6 is 0 Å². The number of nitrogens with one attached hydrogen (secondary N) is 1. The third-order valence-electron chi connectivity index (χ3n) is 4.99. The van der Waals surface area contributed by atoms with Crippen LogP contribution in [0.1, 0.15) is 30.7 Å². The van der Waals surface area contributed by atoms with Crippen LogP contribution < -0.4 is 5.32 Å². The molecule has 0 saturated heterocycles. The minimum Gasteiger partial charge on any atom is -0.308 e. The van der Waals surface area contributed by atoms with Crippen LogP contribution in [0.2, 0.25) is 0 Å². The summed E-state index contributed by atoms with van der Waals surface area (Å²) in [5.41, 5.74) is 1.89. The lowest BCUT2D eigenvalue weighted by atomic mass is 10.0. The van der Waals surface area contributed by atoms with Crippen molar-refractivity contribution < 1.29 is 4.63 Å². The van der Waals surface area contributed by atoms with E-state index in [-0.39, 0.29) is 0 Å². The van der Waals surface area contributed by atoms with Crippen molar-refractivity contribution in [1.82, 2.24) is 15.6 Å². The second-order valence-corrected chi connectivity index (χ2v) is 5.69. The van der Waals surface area contributed by atoms with Crippen LogP contribution in [0.4, 0.5) is 0 Å². The second-order valence-electron chi connectivity index (χ2n) is 5.69. The molecule has 4 atom stereocenters. The zero-order valence-corrected chi connectivity index (χ0v) is 9.52. The first-order chi connectivity index (χ1) is 7.84. The Bertz CT molecular complexity index is 400. The van der Waals surface area contributed by atoms with E-state index in [9.17, 15) is 0 Å². The van der Waals surface area contributed by atoms with E-state index in [0.717, 1.165) is 47.6 Å². The molecule has 4 heteroatoms. The summed E-state index contributed by atoms with van der Waals surface area (Å²) in [4.78, 5) is 0. The minimum absolute atomic E-state index is 0.766. The summed E-state index contributed by atoms with van der Waals surface area (Å²) in [6.07, 6.45) is 4.47. The summed E-state index contributed by atoms with van der Waals surface area (Å²) in [5, 5.41) is 11.4. The van der Waals surface area contributed by atoms with Crippen LogP contribution in [-0.2, 0) is 6.54 Å². The van der Waals surface area contributed by atoms with Crippen molar-refractivity contribution in [2.45, 2.75) is 38.8 Å². The molecule has 0 aliphatic heterocycles. The lowest BCUT2D eigenvalue weighted by Crippen LogP contribution is -2.23. The fraction of sp³-hybridized carbons (Fsp3) is 0.833. The number of hydrogen-bond donors (Lipinski definition) is 1. The van der Waals surface area contributed by atoms with E-state index < -0.39 is 0 Å². The van der Waals surface area contributed by atoms with Gasteiger partial charge in [-0.25, -0.2) is 4.63 Å². The van der Waals surface area contributed by atoms with Gasteiger partial charge in [-0.2, -0.15) is 0 Å². The summed E-state index contributed by atoms with van der Waals surface area (Å²) in [6, 6.07) is 0.766. The highest BCUT2D eigenvalue weighted by Crippen LogP contribution is 2.65. The lowest BCUT2D eigenvalue weighted by Gasteiger charge is -2.09. The average molecular weight is 219 g/mol. The van der Waals surface area contributed by atoms with E-state index in [4.69, 9.17) is 4.63 Å². The Balaban J connectivity index is 1.39. The molecule has 3 fully saturated rings. The van der Waals surface area contributed by atoms with Gasteiger partial charge < -0.3 is 5.32 Å². The second kappa shape index (κ2) is 3.06. The Labute approximate surface area is 94.7 Å². The highest BCUT2D eigenvalue weighted by molar-refractivity contribution is 5.17. The Kier molecular flexibility index (Phi) is 1.76. The number of aromatic nitrogens is 2. The van der Waals surface area contributed by atoms with Gasteiger partial charge in [0.1, 0.15) is 11.4 Å². The minimum atomic E-state index is 0.766. The van der Waals surface area contributed by atoms with Crippen LogP contribution in [-0.4, -0.2) is 16.4 Å². The van der Waals surface area contributed by atoms with Gasteiger partial charge in [0, 0.05) is 12.6 Å². The monoisotopic (exact) mass is 219 g/mol. The Morgan fingerprint density at radius 2 is 2.00 bits per heavy atom. The first-order valence-electron chi connectivity index (χ1n) is 6.36. The molecule has 1 aromatic heterocycles. The smallest absolute Gasteiger partial charge is 0.121 e. The van der Waals surface area contributed by atoms with E-state index in [1.165, 1.54) is 19.3 Å². The fourth-order valence-corrected chi connectivity index (χ4v) is 4.22. The van der Waals surface area contributed by atoms with Gasteiger partial charge in [0.15, 0.2) is 0 Å². The normalized spacial score (nSPS) is 43.7. The molecule has 16 heavy (non-hydrogen) atoms. The van der Waals surface area contributed by atoms with Crippen molar-refractivity contribution in [1.29, 1.82) is 0 Å². The number of aryl methyl sites for hydroxylation is 1. The SMILES string of the molecule is Cc1nonc1CNC1C2C3CCC(C3)C12. The van der Waals surface area contributed by atoms with Gasteiger partial charge in [0.05, 0.1) is 0 Å². The maximum Gasteiger partial charge on any atom is 0.121 e. The first kappa shape index (κ1) is 9.16. The molecular weight excluding hydrogens is 202 g/mol. The molecule has 2 bridgehead atoms. The van der Waals surface area contributed by atoms with Crippen LogP contribution in [0.15, 0.2) is 4.63 Å². The topological polar surface area (TPSA) is 51.0 Å². The van der Waals surface area contributed by atoms with E-state index in [0.29, 0.717) is 0 Å². The average Bonchev–Trinajstić information content (AvgIpc) is 2.70. The number of rotatable bonds is 3. The van der Waals surface area contributed by atoms with Crippen LogP contribution in [0.3, 0.4) is 0 Å². The lowest BCUT2D eigenvalue weighted by molar-refractivity contribution is 0.300. The van der Waals surface area contributed by atoms with Gasteiger partial charge in [-0.3, -0.25) is 0 Å². The zero-order valence-electron chi connectivity index (χ0n) is 9.52. The molecule has 1 aromatic rings. The highest BCUT2D eigenvalue weighted by atomic mass is 16.6. The van der Waals surface area contributed by atoms with Crippen LogP contribution in [0, 0.1) is 30.6 Å². The fourth-order valence-electron chi connectivity index (χ4n) is 4.22. The molecule has 4 unspecified atom stereocenters. The summed E-state index contributed by atoms with van der Waals surface area (Å²) in [5.74, 6) is 4.03. The molecule has 4 nitrogen and oxygen atoms in total. The molecule has 1 N–H and O–H groups in total. The molecule has 0 amide bonds. The Morgan fingerprint density at radius 3 is 2.62 bits per heavy atom. The molecular formula is C12H17N3O. The highest BCUT2D eigenvalue weighted by Gasteiger charge is 2.64. The number of nitrogens with zero attached hydrogens (tertiary/aromatic N) is 2. The Morgan fingerprint density at radius 1 is 1.25 bits per heavy atom. The predicted octanol–water partition coefficient (Wildman–Crippen LogP) is 1.51. The molecule has 3 aliphatic carbocycles. The van der Waals surface area contributed by atoms with E-state index in [1.807, 2.05) is 6.92 Å². The molecule has 1 heterocycles. The summed E-state index contributed by atoms with van der Waals surface area (Å²) in [6.45, 7) is 2.78. The maximum absolute atomic E-state index is 4.71. The van der Waals surface area contributed by atoms with Gasteiger partial charge in [-0.05, 0) is 49.9 Å². The van der Waals surface area contributed by atoms with Crippen LogP contribution in [0.25, 0.3) is 0 Å². The number of fused-ring (bicyclic) bond motifs is 5. The van der Waals surface area contributed by atoms with Crippen molar-refractivity contribution in [2.24, 2.45) is 23.7 Å². The maximum atomic E-state index is 4.71. The van der Waals surface area contributed by atoms with Crippen molar-refractivity contribution in [2.75, 3.05) is 0 Å². The van der Waals surface area contributed by atoms with Gasteiger partial charge in [-0.15, -0.1) is 0 Å². The van der Waals surface area contributed by atoms with Crippen molar-refractivity contribution in [3.63, 3.8) is 0 Å². The van der Waals surface area contributed by atoms with Crippen molar-refractivity contribution >= 4 is 0 Å². The molecule has 3 saturated carbocycles. The molecule has 0 spiro atoms. The van der Waals surface area contributed by atoms with Gasteiger partial charge in [-0.1, -0.05) is 10.3 Å². The van der Waals surface area contributed by atoms with E-state index in [1.54, 1.807) is 0 Å². The third kappa shape index (κ3) is 1.14. The van der Waals surface area contributed by atoms with Crippen molar-refractivity contribution in [3.05, 3.63) is 11.4 Å². The van der Waals surface area contributed by atoms with Gasteiger partial charge in [0.2, 0.25) is 0 Å². The van der Waals surface area contributed by atoms with E-state index >= 15 is 0 Å². The first-order valence-corrected chi connectivity index (χ1v) is 6.36. The van der Waals surface area contributed by atoms with E-state index in [2.05, 4.69) is 15.6 Å². The quantitative estimate of drug-likeness (QED) is 0.837. The summed E-state index contributed by atoms with van der Waals surface area (Å²) in [7, 11) is 0. The zero-order chi connectivity index (χ0) is 10.7. The molecule has 0 radical (unpaired) electrons. The Hall–Kier alpha value is -0.900. The summed E-state index contributed by atoms with van der Waals surface area (Å²) < 4.78 is 4.71. The molecule has 0 aromatic carbocycles. The van der Waals surface area contributed by atoms with Crippen molar-refractivity contribution in [3.8, 4) is 0 Å². The van der Waals surface area contributed by atoms with Gasteiger partial charge in [0.25, 0.3) is 0 Å². The standard InChI is InChI=1S/C12H17N3O/c1-6-9(15-16-14-6)5-13-12-10-7-2-3-8(4-7)11(10)12/h7-8,10-13H,2-5H2,1H3. The largest absolute Gasteiger partial charge is 0.308 e. The molecule has 3 aliphatic rings. The summed E-state index contributed by atoms with van der Waals surface area (Å²) >= 11 is 0. The molecule has 4 rings (SSSR count).